The van der Waals surface area contributed by atoms with E-state index in [1.165, 1.54) is 18.6 Å². The van der Waals surface area contributed by atoms with Gasteiger partial charge in [-0.25, -0.2) is 4.98 Å². The summed E-state index contributed by atoms with van der Waals surface area (Å²) in [5, 5.41) is 15.1. The SMILES string of the molecule is C=CC(=O)Nc1cccc(-n2cnc(=O)c3cnc(Nc4ccc(N5CCN(CCO)CC5)cc4C(N)=O)nc32)c1. The van der Waals surface area contributed by atoms with E-state index in [9.17, 15) is 19.5 Å². The summed E-state index contributed by atoms with van der Waals surface area (Å²) in [6, 6.07) is 12.3. The maximum atomic E-state index is 12.5. The second-order valence-electron chi connectivity index (χ2n) is 9.37. The van der Waals surface area contributed by atoms with Crippen LogP contribution >= 0.6 is 0 Å². The number of rotatable bonds is 9. The third-order valence-corrected chi connectivity index (χ3v) is 6.76. The van der Waals surface area contributed by atoms with Crippen LogP contribution in [-0.2, 0) is 4.79 Å². The molecule has 2 aromatic heterocycles. The lowest BCUT2D eigenvalue weighted by Crippen LogP contribution is -2.47. The normalized spacial score (nSPS) is 13.6. The van der Waals surface area contributed by atoms with Crippen molar-refractivity contribution in [1.29, 1.82) is 0 Å². The number of benzene rings is 2. The molecule has 5 N–H and O–H groups in total. The fourth-order valence-corrected chi connectivity index (χ4v) is 4.65. The van der Waals surface area contributed by atoms with Gasteiger partial charge >= 0.3 is 0 Å². The third kappa shape index (κ3) is 6.05. The fourth-order valence-electron chi connectivity index (χ4n) is 4.65. The van der Waals surface area contributed by atoms with Crippen LogP contribution < -0.4 is 26.8 Å². The average Bonchev–Trinajstić information content (AvgIpc) is 2.98. The topological polar surface area (TPSA) is 172 Å². The molecular weight excluding hydrogens is 526 g/mol. The van der Waals surface area contributed by atoms with Crippen molar-refractivity contribution in [2.45, 2.75) is 0 Å². The van der Waals surface area contributed by atoms with E-state index in [1.807, 2.05) is 6.07 Å². The monoisotopic (exact) mass is 555 g/mol. The van der Waals surface area contributed by atoms with Crippen LogP contribution in [0.4, 0.5) is 23.0 Å². The summed E-state index contributed by atoms with van der Waals surface area (Å²) in [5.41, 5.74) is 8.15. The first kappa shape index (κ1) is 27.4. The molecule has 0 unspecified atom stereocenters. The number of fused-ring (bicyclic) bond motifs is 1. The first-order valence-electron chi connectivity index (χ1n) is 12.9. The highest BCUT2D eigenvalue weighted by atomic mass is 16.3. The summed E-state index contributed by atoms with van der Waals surface area (Å²) in [7, 11) is 0. The minimum Gasteiger partial charge on any atom is -0.395 e. The van der Waals surface area contributed by atoms with Crippen molar-refractivity contribution in [3.8, 4) is 5.69 Å². The van der Waals surface area contributed by atoms with Crippen molar-refractivity contribution in [1.82, 2.24) is 24.4 Å². The zero-order valence-electron chi connectivity index (χ0n) is 22.2. The number of nitrogens with one attached hydrogen (secondary N) is 2. The van der Waals surface area contributed by atoms with Crippen LogP contribution in [-0.4, -0.2) is 80.7 Å². The minimum absolute atomic E-state index is 0.121. The van der Waals surface area contributed by atoms with E-state index in [0.717, 1.165) is 31.9 Å². The van der Waals surface area contributed by atoms with Crippen molar-refractivity contribution in [2.24, 2.45) is 5.73 Å². The molecule has 0 bridgehead atoms. The van der Waals surface area contributed by atoms with E-state index in [-0.39, 0.29) is 35.1 Å². The van der Waals surface area contributed by atoms with Gasteiger partial charge in [-0.15, -0.1) is 0 Å². The summed E-state index contributed by atoms with van der Waals surface area (Å²) in [4.78, 5) is 53.8. The van der Waals surface area contributed by atoms with Gasteiger partial charge in [0.1, 0.15) is 11.7 Å². The smallest absolute Gasteiger partial charge is 0.283 e. The summed E-state index contributed by atoms with van der Waals surface area (Å²) >= 11 is 0. The fraction of sp³-hybridized carbons (Fsp3) is 0.214. The molecule has 41 heavy (non-hydrogen) atoms. The van der Waals surface area contributed by atoms with E-state index >= 15 is 0 Å². The Morgan fingerprint density at radius 3 is 2.61 bits per heavy atom. The number of nitrogens with two attached hydrogens (primary N) is 1. The highest BCUT2D eigenvalue weighted by Gasteiger charge is 2.19. The Morgan fingerprint density at radius 2 is 1.88 bits per heavy atom. The summed E-state index contributed by atoms with van der Waals surface area (Å²) in [6.45, 7) is 7.33. The summed E-state index contributed by atoms with van der Waals surface area (Å²) in [5.74, 6) is -0.839. The first-order chi connectivity index (χ1) is 19.9. The van der Waals surface area contributed by atoms with Crippen molar-refractivity contribution in [3.63, 3.8) is 0 Å². The number of anilines is 4. The highest BCUT2D eigenvalue weighted by molar-refractivity contribution is 6.00. The molecule has 13 heteroatoms. The Hall–Kier alpha value is -5.14. The maximum absolute atomic E-state index is 12.5. The maximum Gasteiger partial charge on any atom is 0.283 e. The highest BCUT2D eigenvalue weighted by Crippen LogP contribution is 2.27. The largest absolute Gasteiger partial charge is 0.395 e. The Balaban J connectivity index is 1.46. The zero-order chi connectivity index (χ0) is 28.9. The lowest BCUT2D eigenvalue weighted by Gasteiger charge is -2.36. The van der Waals surface area contributed by atoms with Crippen LogP contribution in [0.3, 0.4) is 0 Å². The molecule has 13 nitrogen and oxygen atoms in total. The van der Waals surface area contributed by atoms with E-state index < -0.39 is 11.5 Å². The molecular formula is C28H29N9O4. The number of aliphatic hydroxyl groups excluding tert-OH is 1. The molecule has 1 aliphatic heterocycles. The number of hydrogen-bond donors (Lipinski definition) is 4. The van der Waals surface area contributed by atoms with Crippen LogP contribution in [0.25, 0.3) is 16.7 Å². The number of primary amides is 1. The van der Waals surface area contributed by atoms with Gasteiger partial charge < -0.3 is 26.4 Å². The number of carbonyl (C=O) groups excluding carboxylic acids is 2. The number of amides is 2. The van der Waals surface area contributed by atoms with E-state index in [2.05, 4.69) is 42.0 Å². The molecule has 210 valence electrons. The van der Waals surface area contributed by atoms with Crippen LogP contribution in [0.1, 0.15) is 10.4 Å². The van der Waals surface area contributed by atoms with Crippen molar-refractivity contribution in [3.05, 3.63) is 83.6 Å². The number of β-amino-alcohol motifs (C(OH)–C–C–N with tert-alkyl or cyclic N) is 1. The molecule has 3 heterocycles. The second-order valence-corrected chi connectivity index (χ2v) is 9.37. The van der Waals surface area contributed by atoms with Crippen LogP contribution in [0.5, 0.6) is 0 Å². The van der Waals surface area contributed by atoms with Gasteiger partial charge in [0, 0.05) is 50.3 Å². The number of carbonyl (C=O) groups is 2. The second kappa shape index (κ2) is 11.9. The summed E-state index contributed by atoms with van der Waals surface area (Å²) < 4.78 is 1.60. The first-order valence-corrected chi connectivity index (χ1v) is 12.9. The van der Waals surface area contributed by atoms with E-state index in [4.69, 9.17) is 5.73 Å². The minimum atomic E-state index is -0.617. The van der Waals surface area contributed by atoms with Crippen LogP contribution in [0, 0.1) is 0 Å². The van der Waals surface area contributed by atoms with Gasteiger partial charge in [0.2, 0.25) is 11.9 Å². The Morgan fingerprint density at radius 1 is 1.07 bits per heavy atom. The molecule has 2 amide bonds. The molecule has 2 aromatic carbocycles. The van der Waals surface area contributed by atoms with Gasteiger partial charge in [-0.3, -0.25) is 23.9 Å². The Labute approximate surface area is 235 Å². The van der Waals surface area contributed by atoms with Crippen molar-refractivity contribution in [2.75, 3.05) is 54.9 Å². The molecule has 0 radical (unpaired) electrons. The molecule has 5 rings (SSSR count). The third-order valence-electron chi connectivity index (χ3n) is 6.76. The van der Waals surface area contributed by atoms with Gasteiger partial charge in [0.05, 0.1) is 23.5 Å². The molecule has 0 atom stereocenters. The van der Waals surface area contributed by atoms with Gasteiger partial charge in [0.25, 0.3) is 11.5 Å². The predicted octanol–water partition coefficient (Wildman–Crippen LogP) is 1.26. The number of aliphatic hydroxyl groups is 1. The van der Waals surface area contributed by atoms with Gasteiger partial charge in [-0.05, 0) is 42.5 Å². The van der Waals surface area contributed by atoms with Crippen LogP contribution in [0.15, 0.2) is 72.4 Å². The standard InChI is InChI=1S/C28H29N9O4/c1-2-24(39)32-18-4-3-5-20(14-18)37-17-31-27(41)22-16-30-28(34-26(22)37)33-23-7-6-19(15-21(23)25(29)40)36-10-8-35(9-11-36)12-13-38/h2-7,14-17,38H,1,8-13H2,(H2,29,40)(H,32,39)(H,30,33,34). The number of aromatic nitrogens is 4. The molecule has 1 saturated heterocycles. The Bertz CT molecular complexity index is 1680. The van der Waals surface area contributed by atoms with Gasteiger partial charge in [0.15, 0.2) is 5.65 Å². The molecule has 4 aromatic rings. The molecule has 0 aliphatic carbocycles. The average molecular weight is 556 g/mol. The number of hydrogen-bond acceptors (Lipinski definition) is 10. The van der Waals surface area contributed by atoms with Gasteiger partial charge in [-0.2, -0.15) is 9.97 Å². The predicted molar refractivity (Wildman–Crippen MR) is 156 cm³/mol. The lowest BCUT2D eigenvalue weighted by molar-refractivity contribution is -0.111. The molecule has 0 spiro atoms. The lowest BCUT2D eigenvalue weighted by atomic mass is 10.1. The molecule has 1 fully saturated rings. The molecule has 0 saturated carbocycles. The zero-order valence-corrected chi connectivity index (χ0v) is 22.2. The molecule has 1 aliphatic rings. The van der Waals surface area contributed by atoms with Crippen molar-refractivity contribution >= 4 is 45.9 Å². The number of nitrogens with zero attached hydrogens (tertiary/aromatic N) is 6. The van der Waals surface area contributed by atoms with Gasteiger partial charge in [-0.1, -0.05) is 12.6 Å². The Kier molecular flexibility index (Phi) is 7.99. The summed E-state index contributed by atoms with van der Waals surface area (Å²) in [6.07, 6.45) is 3.88. The van der Waals surface area contributed by atoms with Crippen LogP contribution in [0.2, 0.25) is 0 Å². The van der Waals surface area contributed by atoms with E-state index in [0.29, 0.717) is 23.6 Å². The van der Waals surface area contributed by atoms with Crippen molar-refractivity contribution < 1.29 is 14.7 Å². The number of piperazine rings is 1. The van der Waals surface area contributed by atoms with E-state index in [1.54, 1.807) is 41.0 Å². The quantitative estimate of drug-likeness (QED) is 0.220.